The number of benzene rings is 2. The third-order valence-electron chi connectivity index (χ3n) is 2.90. The van der Waals surface area contributed by atoms with Gasteiger partial charge in [-0.2, -0.15) is 0 Å². The molecule has 20 heavy (non-hydrogen) atoms. The molecule has 2 aromatic carbocycles. The minimum absolute atomic E-state index is 0.0249. The summed E-state index contributed by atoms with van der Waals surface area (Å²) in [6, 6.07) is 14.9. The molecular weight excluding hydrogens is 274 g/mol. The van der Waals surface area contributed by atoms with Crippen LogP contribution in [0.5, 0.6) is 5.75 Å². The SMILES string of the molecule is COc1ccc(CNC(=O)Cc2cccc(Cl)c2)cc1. The number of carbonyl (C=O) groups is 1. The maximum Gasteiger partial charge on any atom is 0.224 e. The van der Waals surface area contributed by atoms with Gasteiger partial charge in [0.05, 0.1) is 13.5 Å². The Bertz CT molecular complexity index is 581. The van der Waals surface area contributed by atoms with Crippen LogP contribution in [0.4, 0.5) is 0 Å². The van der Waals surface area contributed by atoms with Crippen molar-refractivity contribution in [2.45, 2.75) is 13.0 Å². The van der Waals surface area contributed by atoms with E-state index >= 15 is 0 Å². The van der Waals surface area contributed by atoms with Gasteiger partial charge in [-0.15, -0.1) is 0 Å². The molecule has 0 aliphatic carbocycles. The van der Waals surface area contributed by atoms with Crippen LogP contribution in [0.3, 0.4) is 0 Å². The van der Waals surface area contributed by atoms with E-state index < -0.39 is 0 Å². The molecule has 0 saturated carbocycles. The van der Waals surface area contributed by atoms with Gasteiger partial charge in [0.2, 0.25) is 5.91 Å². The Balaban J connectivity index is 1.85. The summed E-state index contributed by atoms with van der Waals surface area (Å²) in [5.74, 6) is 0.780. The van der Waals surface area contributed by atoms with E-state index in [4.69, 9.17) is 16.3 Å². The van der Waals surface area contributed by atoms with Crippen molar-refractivity contribution in [1.29, 1.82) is 0 Å². The molecule has 0 unspecified atom stereocenters. The van der Waals surface area contributed by atoms with Crippen molar-refractivity contribution in [3.8, 4) is 5.75 Å². The number of nitrogens with one attached hydrogen (secondary N) is 1. The predicted molar refractivity (Wildman–Crippen MR) is 80.0 cm³/mol. The second kappa shape index (κ2) is 6.96. The number of hydrogen-bond acceptors (Lipinski definition) is 2. The standard InChI is InChI=1S/C16H16ClNO2/c1-20-15-7-5-12(6-8-15)11-18-16(19)10-13-3-2-4-14(17)9-13/h2-9H,10-11H2,1H3,(H,18,19). The number of carbonyl (C=O) groups excluding carboxylic acids is 1. The molecule has 3 nitrogen and oxygen atoms in total. The third kappa shape index (κ3) is 4.28. The summed E-state index contributed by atoms with van der Waals surface area (Å²) in [6.45, 7) is 0.503. The topological polar surface area (TPSA) is 38.3 Å². The molecule has 0 fully saturated rings. The van der Waals surface area contributed by atoms with Crippen LogP contribution in [-0.2, 0) is 17.8 Å². The Morgan fingerprint density at radius 2 is 1.90 bits per heavy atom. The molecular formula is C16H16ClNO2. The molecule has 4 heteroatoms. The van der Waals surface area contributed by atoms with Crippen LogP contribution in [0.2, 0.25) is 5.02 Å². The number of rotatable bonds is 5. The van der Waals surface area contributed by atoms with Gasteiger partial charge in [0.15, 0.2) is 0 Å². The van der Waals surface area contributed by atoms with Crippen LogP contribution in [0.15, 0.2) is 48.5 Å². The second-order valence-corrected chi connectivity index (χ2v) is 4.87. The van der Waals surface area contributed by atoms with E-state index in [9.17, 15) is 4.79 Å². The van der Waals surface area contributed by atoms with E-state index in [-0.39, 0.29) is 5.91 Å². The van der Waals surface area contributed by atoms with Crippen molar-refractivity contribution in [2.24, 2.45) is 0 Å². The smallest absolute Gasteiger partial charge is 0.224 e. The highest BCUT2D eigenvalue weighted by Crippen LogP contribution is 2.12. The average molecular weight is 290 g/mol. The molecule has 0 aliphatic rings. The van der Waals surface area contributed by atoms with Gasteiger partial charge < -0.3 is 10.1 Å². The summed E-state index contributed by atoms with van der Waals surface area (Å²) >= 11 is 5.89. The van der Waals surface area contributed by atoms with Crippen molar-refractivity contribution < 1.29 is 9.53 Å². The summed E-state index contributed by atoms with van der Waals surface area (Å²) in [5.41, 5.74) is 1.94. The Morgan fingerprint density at radius 3 is 2.55 bits per heavy atom. The lowest BCUT2D eigenvalue weighted by atomic mass is 10.1. The van der Waals surface area contributed by atoms with Gasteiger partial charge in [-0.25, -0.2) is 0 Å². The van der Waals surface area contributed by atoms with Gasteiger partial charge >= 0.3 is 0 Å². The fraction of sp³-hybridized carbons (Fsp3) is 0.188. The summed E-state index contributed by atoms with van der Waals surface area (Å²) in [4.78, 5) is 11.8. The molecule has 104 valence electrons. The largest absolute Gasteiger partial charge is 0.497 e. The predicted octanol–water partition coefficient (Wildman–Crippen LogP) is 3.21. The van der Waals surface area contributed by atoms with Crippen molar-refractivity contribution in [1.82, 2.24) is 5.32 Å². The third-order valence-corrected chi connectivity index (χ3v) is 3.14. The fourth-order valence-corrected chi connectivity index (χ4v) is 2.05. The van der Waals surface area contributed by atoms with E-state index in [1.807, 2.05) is 36.4 Å². The zero-order valence-corrected chi connectivity index (χ0v) is 12.0. The lowest BCUT2D eigenvalue weighted by molar-refractivity contribution is -0.120. The molecule has 1 amide bonds. The molecule has 0 bridgehead atoms. The van der Waals surface area contributed by atoms with Gasteiger partial charge in [0.1, 0.15) is 5.75 Å². The Hall–Kier alpha value is -2.00. The lowest BCUT2D eigenvalue weighted by Crippen LogP contribution is -2.24. The second-order valence-electron chi connectivity index (χ2n) is 4.43. The molecule has 0 radical (unpaired) electrons. The van der Waals surface area contributed by atoms with Crippen molar-refractivity contribution in [3.63, 3.8) is 0 Å². The van der Waals surface area contributed by atoms with Crippen LogP contribution >= 0.6 is 11.6 Å². The molecule has 0 heterocycles. The first kappa shape index (κ1) is 14.4. The Labute approximate surface area is 123 Å². The molecule has 0 aliphatic heterocycles. The molecule has 0 atom stereocenters. The number of ether oxygens (including phenoxy) is 1. The van der Waals surface area contributed by atoms with Crippen molar-refractivity contribution in [2.75, 3.05) is 7.11 Å². The van der Waals surface area contributed by atoms with Gasteiger partial charge in [-0.3, -0.25) is 4.79 Å². The maximum atomic E-state index is 11.8. The first-order valence-electron chi connectivity index (χ1n) is 6.31. The van der Waals surface area contributed by atoms with E-state index in [0.717, 1.165) is 16.9 Å². The summed E-state index contributed by atoms with van der Waals surface area (Å²) in [6.07, 6.45) is 0.330. The number of methoxy groups -OCH3 is 1. The van der Waals surface area contributed by atoms with Crippen LogP contribution < -0.4 is 10.1 Å². The average Bonchev–Trinajstić information content (AvgIpc) is 2.46. The van der Waals surface area contributed by atoms with E-state index in [2.05, 4.69) is 5.32 Å². The van der Waals surface area contributed by atoms with E-state index in [1.54, 1.807) is 19.2 Å². The number of halogens is 1. The summed E-state index contributed by atoms with van der Waals surface area (Å²) in [7, 11) is 1.63. The molecule has 0 saturated heterocycles. The normalized spacial score (nSPS) is 10.1. The van der Waals surface area contributed by atoms with E-state index in [0.29, 0.717) is 18.0 Å². The Kier molecular flexibility index (Phi) is 5.02. The first-order valence-corrected chi connectivity index (χ1v) is 6.69. The monoisotopic (exact) mass is 289 g/mol. The number of hydrogen-bond donors (Lipinski definition) is 1. The molecule has 0 aromatic heterocycles. The van der Waals surface area contributed by atoms with E-state index in [1.165, 1.54) is 0 Å². The van der Waals surface area contributed by atoms with Crippen molar-refractivity contribution in [3.05, 3.63) is 64.7 Å². The zero-order chi connectivity index (χ0) is 14.4. The van der Waals surface area contributed by atoms with Crippen LogP contribution in [0.1, 0.15) is 11.1 Å². The molecule has 2 rings (SSSR count). The summed E-state index contributed by atoms with van der Waals surface area (Å²) < 4.78 is 5.09. The zero-order valence-electron chi connectivity index (χ0n) is 11.2. The fourth-order valence-electron chi connectivity index (χ4n) is 1.84. The van der Waals surface area contributed by atoms with Crippen LogP contribution in [0.25, 0.3) is 0 Å². The highest BCUT2D eigenvalue weighted by molar-refractivity contribution is 6.30. The molecule has 0 spiro atoms. The quantitative estimate of drug-likeness (QED) is 0.918. The minimum Gasteiger partial charge on any atom is -0.497 e. The van der Waals surface area contributed by atoms with Gasteiger partial charge in [-0.1, -0.05) is 35.9 Å². The lowest BCUT2D eigenvalue weighted by Gasteiger charge is -2.06. The summed E-state index contributed by atoms with van der Waals surface area (Å²) in [5, 5.41) is 3.53. The van der Waals surface area contributed by atoms with Gasteiger partial charge in [-0.05, 0) is 35.4 Å². The molecule has 1 N–H and O–H groups in total. The first-order chi connectivity index (χ1) is 9.67. The van der Waals surface area contributed by atoms with Gasteiger partial charge in [0, 0.05) is 11.6 Å². The van der Waals surface area contributed by atoms with Gasteiger partial charge in [0.25, 0.3) is 0 Å². The highest BCUT2D eigenvalue weighted by atomic mass is 35.5. The maximum absolute atomic E-state index is 11.8. The van der Waals surface area contributed by atoms with Crippen LogP contribution in [-0.4, -0.2) is 13.0 Å². The Morgan fingerprint density at radius 1 is 1.15 bits per heavy atom. The van der Waals surface area contributed by atoms with Crippen molar-refractivity contribution >= 4 is 17.5 Å². The van der Waals surface area contributed by atoms with Crippen LogP contribution in [0, 0.1) is 0 Å². The molecule has 2 aromatic rings. The highest BCUT2D eigenvalue weighted by Gasteiger charge is 2.04. The minimum atomic E-state index is -0.0249. The number of amides is 1.